The Morgan fingerprint density at radius 3 is 2.39 bits per heavy atom. The predicted molar refractivity (Wildman–Crippen MR) is 81.0 cm³/mol. The molecule has 0 aliphatic heterocycles. The zero-order valence-corrected chi connectivity index (χ0v) is 13.0. The summed E-state index contributed by atoms with van der Waals surface area (Å²) in [6, 6.07) is 1.51. The molecule has 0 bridgehead atoms. The maximum absolute atomic E-state index is 3.63. The molecular weight excluding hydrogens is 220 g/mol. The Bertz CT molecular complexity index is 197. The lowest BCUT2D eigenvalue weighted by Crippen LogP contribution is -2.44. The molecule has 1 rings (SSSR count). The second-order valence-corrected chi connectivity index (χ2v) is 6.47. The highest BCUT2D eigenvalue weighted by Crippen LogP contribution is 2.24. The fourth-order valence-electron chi connectivity index (χ4n) is 2.92. The molecular formula is C16H34N2. The van der Waals surface area contributed by atoms with Gasteiger partial charge in [0.15, 0.2) is 0 Å². The maximum atomic E-state index is 3.63. The Kier molecular flexibility index (Phi) is 7.92. The summed E-state index contributed by atoms with van der Waals surface area (Å²) in [5, 5.41) is 3.63. The van der Waals surface area contributed by atoms with E-state index in [0.717, 1.165) is 18.5 Å². The lowest BCUT2D eigenvalue weighted by atomic mass is 10.1. The number of hydrogen-bond donors (Lipinski definition) is 1. The molecule has 2 nitrogen and oxygen atoms in total. The molecule has 0 aromatic heterocycles. The van der Waals surface area contributed by atoms with E-state index in [1.54, 1.807) is 0 Å². The van der Waals surface area contributed by atoms with Crippen molar-refractivity contribution in [1.29, 1.82) is 0 Å². The minimum atomic E-state index is 0.637. The summed E-state index contributed by atoms with van der Waals surface area (Å²) in [4.78, 5) is 2.76. The molecule has 0 aromatic carbocycles. The van der Waals surface area contributed by atoms with Crippen molar-refractivity contribution in [3.63, 3.8) is 0 Å². The van der Waals surface area contributed by atoms with E-state index in [2.05, 4.69) is 37.9 Å². The Balaban J connectivity index is 2.37. The highest BCUT2D eigenvalue weighted by molar-refractivity contribution is 4.80. The van der Waals surface area contributed by atoms with Crippen molar-refractivity contribution in [2.45, 2.75) is 78.3 Å². The summed E-state index contributed by atoms with van der Waals surface area (Å²) in [5.74, 6) is 0.827. The summed E-state index contributed by atoms with van der Waals surface area (Å²) in [7, 11) is 0. The van der Waals surface area contributed by atoms with Crippen molar-refractivity contribution in [3.05, 3.63) is 0 Å². The molecule has 1 fully saturated rings. The molecule has 1 unspecified atom stereocenters. The van der Waals surface area contributed by atoms with Gasteiger partial charge in [-0.15, -0.1) is 0 Å². The molecule has 108 valence electrons. The van der Waals surface area contributed by atoms with Crippen LogP contribution in [0.3, 0.4) is 0 Å². The quantitative estimate of drug-likeness (QED) is 0.675. The van der Waals surface area contributed by atoms with Crippen LogP contribution in [-0.4, -0.2) is 36.6 Å². The Labute approximate surface area is 115 Å². The number of nitrogens with zero attached hydrogens (tertiary/aromatic N) is 1. The van der Waals surface area contributed by atoms with Crippen molar-refractivity contribution >= 4 is 0 Å². The van der Waals surface area contributed by atoms with Crippen LogP contribution in [0, 0.1) is 5.92 Å². The van der Waals surface area contributed by atoms with E-state index in [1.807, 2.05) is 0 Å². The summed E-state index contributed by atoms with van der Waals surface area (Å²) >= 11 is 0. The van der Waals surface area contributed by atoms with Gasteiger partial charge in [0.2, 0.25) is 0 Å². The first-order valence-electron chi connectivity index (χ1n) is 8.11. The fraction of sp³-hybridized carbons (Fsp3) is 1.00. The lowest BCUT2D eigenvalue weighted by Gasteiger charge is -2.32. The summed E-state index contributed by atoms with van der Waals surface area (Å²) < 4.78 is 0. The second-order valence-electron chi connectivity index (χ2n) is 6.47. The molecule has 0 amide bonds. The van der Waals surface area contributed by atoms with Crippen LogP contribution in [0.2, 0.25) is 0 Å². The van der Waals surface area contributed by atoms with Gasteiger partial charge in [0.1, 0.15) is 0 Å². The first-order chi connectivity index (χ1) is 8.63. The minimum Gasteiger partial charge on any atom is -0.313 e. The Morgan fingerprint density at radius 1 is 1.17 bits per heavy atom. The van der Waals surface area contributed by atoms with Crippen molar-refractivity contribution < 1.29 is 0 Å². The normalized spacial score (nSPS) is 19.0. The van der Waals surface area contributed by atoms with Crippen molar-refractivity contribution in [2.24, 2.45) is 5.92 Å². The Morgan fingerprint density at radius 2 is 1.83 bits per heavy atom. The summed E-state index contributed by atoms with van der Waals surface area (Å²) in [6.07, 6.45) is 8.33. The molecule has 0 heterocycles. The number of nitrogens with one attached hydrogen (secondary N) is 1. The van der Waals surface area contributed by atoms with Gasteiger partial charge in [-0.05, 0) is 51.6 Å². The van der Waals surface area contributed by atoms with Crippen molar-refractivity contribution in [1.82, 2.24) is 10.2 Å². The van der Waals surface area contributed by atoms with Gasteiger partial charge in [-0.1, -0.05) is 33.6 Å². The van der Waals surface area contributed by atoms with Gasteiger partial charge < -0.3 is 5.32 Å². The van der Waals surface area contributed by atoms with Gasteiger partial charge in [0, 0.05) is 18.6 Å². The van der Waals surface area contributed by atoms with Crippen molar-refractivity contribution in [3.8, 4) is 0 Å². The van der Waals surface area contributed by atoms with Crippen LogP contribution in [-0.2, 0) is 0 Å². The largest absolute Gasteiger partial charge is 0.313 e. The SMILES string of the molecule is CCCNC(C)CN(CCC(C)C)C1CCCC1. The van der Waals surface area contributed by atoms with Crippen LogP contribution in [0.4, 0.5) is 0 Å². The zero-order valence-electron chi connectivity index (χ0n) is 13.0. The minimum absolute atomic E-state index is 0.637. The molecule has 18 heavy (non-hydrogen) atoms. The molecule has 0 radical (unpaired) electrons. The standard InChI is InChI=1S/C16H34N2/c1-5-11-17-15(4)13-18(12-10-14(2)3)16-8-6-7-9-16/h14-17H,5-13H2,1-4H3. The number of rotatable bonds is 9. The highest BCUT2D eigenvalue weighted by atomic mass is 15.2. The summed E-state index contributed by atoms with van der Waals surface area (Å²) in [6.45, 7) is 12.9. The molecule has 1 aliphatic rings. The third kappa shape index (κ3) is 6.19. The van der Waals surface area contributed by atoms with E-state index in [1.165, 1.54) is 51.6 Å². The monoisotopic (exact) mass is 254 g/mol. The molecule has 2 heteroatoms. The van der Waals surface area contributed by atoms with E-state index in [-0.39, 0.29) is 0 Å². The summed E-state index contributed by atoms with van der Waals surface area (Å²) in [5.41, 5.74) is 0. The Hall–Kier alpha value is -0.0800. The van der Waals surface area contributed by atoms with Gasteiger partial charge in [-0.3, -0.25) is 4.90 Å². The van der Waals surface area contributed by atoms with Crippen LogP contribution in [0.15, 0.2) is 0 Å². The lowest BCUT2D eigenvalue weighted by molar-refractivity contribution is 0.172. The zero-order chi connectivity index (χ0) is 13.4. The number of hydrogen-bond acceptors (Lipinski definition) is 2. The smallest absolute Gasteiger partial charge is 0.0166 e. The van der Waals surface area contributed by atoms with Gasteiger partial charge in [0.05, 0.1) is 0 Å². The topological polar surface area (TPSA) is 15.3 Å². The molecule has 0 aromatic rings. The van der Waals surface area contributed by atoms with E-state index in [4.69, 9.17) is 0 Å². The molecule has 1 N–H and O–H groups in total. The maximum Gasteiger partial charge on any atom is 0.0166 e. The molecule has 0 saturated heterocycles. The van der Waals surface area contributed by atoms with Crippen LogP contribution in [0.5, 0.6) is 0 Å². The average Bonchev–Trinajstić information content (AvgIpc) is 2.85. The average molecular weight is 254 g/mol. The van der Waals surface area contributed by atoms with Crippen molar-refractivity contribution in [2.75, 3.05) is 19.6 Å². The second kappa shape index (κ2) is 8.92. The van der Waals surface area contributed by atoms with E-state index >= 15 is 0 Å². The first kappa shape index (κ1) is 16.0. The fourth-order valence-corrected chi connectivity index (χ4v) is 2.92. The van der Waals surface area contributed by atoms with Crippen LogP contribution in [0.25, 0.3) is 0 Å². The van der Waals surface area contributed by atoms with Crippen LogP contribution < -0.4 is 5.32 Å². The highest BCUT2D eigenvalue weighted by Gasteiger charge is 2.23. The molecule has 1 saturated carbocycles. The first-order valence-corrected chi connectivity index (χ1v) is 8.11. The van der Waals surface area contributed by atoms with Gasteiger partial charge >= 0.3 is 0 Å². The van der Waals surface area contributed by atoms with Crippen LogP contribution in [0.1, 0.15) is 66.2 Å². The van der Waals surface area contributed by atoms with E-state index < -0.39 is 0 Å². The van der Waals surface area contributed by atoms with Gasteiger partial charge in [0.25, 0.3) is 0 Å². The predicted octanol–water partition coefficient (Wildman–Crippen LogP) is 3.67. The van der Waals surface area contributed by atoms with Gasteiger partial charge in [-0.25, -0.2) is 0 Å². The third-order valence-corrected chi connectivity index (χ3v) is 4.09. The molecule has 0 spiro atoms. The molecule has 1 atom stereocenters. The van der Waals surface area contributed by atoms with Crippen LogP contribution >= 0.6 is 0 Å². The third-order valence-electron chi connectivity index (χ3n) is 4.09. The van der Waals surface area contributed by atoms with Gasteiger partial charge in [-0.2, -0.15) is 0 Å². The van der Waals surface area contributed by atoms with E-state index in [9.17, 15) is 0 Å². The molecule has 1 aliphatic carbocycles. The van der Waals surface area contributed by atoms with E-state index in [0.29, 0.717) is 6.04 Å².